The van der Waals surface area contributed by atoms with Gasteiger partial charge in [-0.3, -0.25) is 4.98 Å². The lowest BCUT2D eigenvalue weighted by atomic mass is 9.95. The minimum atomic E-state index is -0.533. The lowest BCUT2D eigenvalue weighted by molar-refractivity contribution is 0.514. The van der Waals surface area contributed by atoms with E-state index in [-0.39, 0.29) is 17.1 Å². The van der Waals surface area contributed by atoms with Crippen molar-refractivity contribution in [3.05, 3.63) is 105 Å². The summed E-state index contributed by atoms with van der Waals surface area (Å²) >= 11 is 12.8. The highest BCUT2D eigenvalue weighted by atomic mass is 35.5. The van der Waals surface area contributed by atoms with Crippen LogP contribution >= 0.6 is 23.2 Å². The molecule has 3 aromatic carbocycles. The van der Waals surface area contributed by atoms with E-state index in [0.29, 0.717) is 38.6 Å². The molecule has 6 rings (SSSR count). The summed E-state index contributed by atoms with van der Waals surface area (Å²) in [6.07, 6.45) is 3.41. The van der Waals surface area contributed by atoms with Crippen LogP contribution in [0.25, 0.3) is 10.9 Å². The van der Waals surface area contributed by atoms with Crippen molar-refractivity contribution in [2.75, 3.05) is 10.6 Å². The Labute approximate surface area is 246 Å². The molecule has 1 aliphatic heterocycles. The molecule has 0 bridgehead atoms. The standard InChI is InChI=1S/C30H25Cl2FN8/c1-16(2)41-15-27(39-40-41)30(21-5-3-4-17-12-35-14-23(17)21)38-20-8-22-28(37-19-6-7-26(33)24(31)9-19)18(11-34)13-36-29(22)25(32)10-20/h3-10,13,15-16,30,35,38H,12,14H2,1-2H3,(H,36,37). The zero-order valence-corrected chi connectivity index (χ0v) is 23.7. The van der Waals surface area contributed by atoms with E-state index in [9.17, 15) is 9.65 Å². The minimum Gasteiger partial charge on any atom is -0.373 e. The molecule has 11 heteroatoms. The molecule has 0 fully saturated rings. The van der Waals surface area contributed by atoms with Gasteiger partial charge in [0.25, 0.3) is 0 Å². The summed E-state index contributed by atoms with van der Waals surface area (Å²) < 4.78 is 15.6. The molecule has 206 valence electrons. The summed E-state index contributed by atoms with van der Waals surface area (Å²) in [6.45, 7) is 5.67. The Kier molecular flexibility index (Phi) is 7.22. The lowest BCUT2D eigenvalue weighted by Gasteiger charge is -2.22. The molecule has 8 nitrogen and oxygen atoms in total. The number of hydrogen-bond donors (Lipinski definition) is 3. The van der Waals surface area contributed by atoms with Crippen LogP contribution in [0.5, 0.6) is 0 Å². The van der Waals surface area contributed by atoms with Crippen LogP contribution < -0.4 is 16.0 Å². The van der Waals surface area contributed by atoms with Crippen LogP contribution in [0.15, 0.2) is 60.9 Å². The van der Waals surface area contributed by atoms with Crippen LogP contribution in [-0.2, 0) is 13.1 Å². The number of nitrogens with zero attached hydrogens (tertiary/aromatic N) is 5. The second-order valence-corrected chi connectivity index (χ2v) is 11.0. The first-order chi connectivity index (χ1) is 19.8. The number of nitrogens with one attached hydrogen (secondary N) is 3. The monoisotopic (exact) mass is 586 g/mol. The Morgan fingerprint density at radius 2 is 1.90 bits per heavy atom. The molecule has 41 heavy (non-hydrogen) atoms. The maximum Gasteiger partial charge on any atom is 0.141 e. The summed E-state index contributed by atoms with van der Waals surface area (Å²) in [5.41, 5.74) is 6.83. The van der Waals surface area contributed by atoms with E-state index in [2.05, 4.69) is 69.4 Å². The highest BCUT2D eigenvalue weighted by Crippen LogP contribution is 2.38. The number of rotatable bonds is 7. The Hall–Kier alpha value is -4.23. The maximum atomic E-state index is 13.8. The number of halogens is 3. The number of anilines is 3. The van der Waals surface area contributed by atoms with E-state index in [0.717, 1.165) is 24.3 Å². The fourth-order valence-corrected chi connectivity index (χ4v) is 5.51. The predicted molar refractivity (Wildman–Crippen MR) is 159 cm³/mol. The zero-order chi connectivity index (χ0) is 28.7. The third-order valence-corrected chi connectivity index (χ3v) is 7.71. The molecule has 0 spiro atoms. The Morgan fingerprint density at radius 3 is 2.66 bits per heavy atom. The third-order valence-electron chi connectivity index (χ3n) is 7.14. The summed E-state index contributed by atoms with van der Waals surface area (Å²) in [4.78, 5) is 4.45. The molecular weight excluding hydrogens is 562 g/mol. The van der Waals surface area contributed by atoms with Crippen LogP contribution in [0.4, 0.5) is 21.5 Å². The second kappa shape index (κ2) is 11.0. The average Bonchev–Trinajstić information content (AvgIpc) is 3.64. The van der Waals surface area contributed by atoms with E-state index < -0.39 is 5.82 Å². The summed E-state index contributed by atoms with van der Waals surface area (Å²) in [5.74, 6) is -0.533. The minimum absolute atomic E-state index is 0.0329. The first-order valence-electron chi connectivity index (χ1n) is 13.1. The van der Waals surface area contributed by atoms with Crippen LogP contribution in [0.2, 0.25) is 10.0 Å². The molecule has 0 aliphatic carbocycles. The number of fused-ring (bicyclic) bond motifs is 2. The summed E-state index contributed by atoms with van der Waals surface area (Å²) in [6, 6.07) is 16.3. The highest BCUT2D eigenvalue weighted by molar-refractivity contribution is 6.36. The lowest BCUT2D eigenvalue weighted by Crippen LogP contribution is -2.16. The summed E-state index contributed by atoms with van der Waals surface area (Å²) in [5, 5.41) is 30.0. The van der Waals surface area contributed by atoms with E-state index in [1.165, 1.54) is 29.5 Å². The van der Waals surface area contributed by atoms with Crippen molar-refractivity contribution in [3.8, 4) is 6.07 Å². The molecule has 1 unspecified atom stereocenters. The van der Waals surface area contributed by atoms with Crippen molar-refractivity contribution in [1.82, 2.24) is 25.3 Å². The number of aromatic nitrogens is 4. The van der Waals surface area contributed by atoms with Crippen molar-refractivity contribution < 1.29 is 4.39 Å². The van der Waals surface area contributed by atoms with E-state index in [4.69, 9.17) is 23.2 Å². The van der Waals surface area contributed by atoms with Gasteiger partial charge in [0.2, 0.25) is 0 Å². The summed E-state index contributed by atoms with van der Waals surface area (Å²) in [7, 11) is 0. The zero-order valence-electron chi connectivity index (χ0n) is 22.2. The van der Waals surface area contributed by atoms with Crippen molar-refractivity contribution >= 4 is 51.2 Å². The van der Waals surface area contributed by atoms with Gasteiger partial charge in [-0.2, -0.15) is 5.26 Å². The van der Waals surface area contributed by atoms with Crippen molar-refractivity contribution in [1.29, 1.82) is 5.26 Å². The predicted octanol–water partition coefficient (Wildman–Crippen LogP) is 7.27. The second-order valence-electron chi connectivity index (χ2n) is 10.1. The van der Waals surface area contributed by atoms with Crippen LogP contribution in [0.3, 0.4) is 0 Å². The van der Waals surface area contributed by atoms with Crippen LogP contribution in [0.1, 0.15) is 53.9 Å². The largest absolute Gasteiger partial charge is 0.373 e. The van der Waals surface area contributed by atoms with Gasteiger partial charge in [-0.15, -0.1) is 5.10 Å². The molecule has 3 N–H and O–H groups in total. The number of hydrogen-bond acceptors (Lipinski definition) is 7. The fraction of sp³-hybridized carbons (Fsp3) is 0.200. The smallest absolute Gasteiger partial charge is 0.141 e. The van der Waals surface area contributed by atoms with E-state index in [1.807, 2.05) is 23.0 Å². The molecule has 3 heterocycles. The van der Waals surface area contributed by atoms with Gasteiger partial charge in [-0.1, -0.05) is 46.6 Å². The first-order valence-corrected chi connectivity index (χ1v) is 13.8. The van der Waals surface area contributed by atoms with Gasteiger partial charge in [-0.05, 0) is 60.9 Å². The van der Waals surface area contributed by atoms with Crippen molar-refractivity contribution in [3.63, 3.8) is 0 Å². The quantitative estimate of drug-likeness (QED) is 0.184. The highest BCUT2D eigenvalue weighted by Gasteiger charge is 2.25. The molecule has 0 amide bonds. The molecule has 0 saturated carbocycles. The van der Waals surface area contributed by atoms with Gasteiger partial charge < -0.3 is 16.0 Å². The van der Waals surface area contributed by atoms with Gasteiger partial charge in [-0.25, -0.2) is 9.07 Å². The molecule has 1 atom stereocenters. The molecule has 0 saturated heterocycles. The van der Waals surface area contributed by atoms with Gasteiger partial charge in [0.1, 0.15) is 17.6 Å². The SMILES string of the molecule is CC(C)n1cc(C(Nc2cc(Cl)c3ncc(C#N)c(Nc4ccc(F)c(Cl)c4)c3c2)c2cccc3c2CNC3)nn1. The Balaban J connectivity index is 1.47. The molecule has 2 aromatic heterocycles. The molecular formula is C30H25Cl2FN8. The number of benzene rings is 3. The number of nitriles is 1. The third kappa shape index (κ3) is 5.18. The van der Waals surface area contributed by atoms with E-state index in [1.54, 1.807) is 6.07 Å². The molecule has 0 radical (unpaired) electrons. The van der Waals surface area contributed by atoms with Gasteiger partial charge >= 0.3 is 0 Å². The maximum absolute atomic E-state index is 13.8. The number of pyridine rings is 1. The first kappa shape index (κ1) is 27.0. The van der Waals surface area contributed by atoms with Crippen LogP contribution in [0, 0.1) is 17.1 Å². The Morgan fingerprint density at radius 1 is 1.07 bits per heavy atom. The topological polar surface area (TPSA) is 103 Å². The van der Waals surface area contributed by atoms with Gasteiger partial charge in [0.15, 0.2) is 0 Å². The van der Waals surface area contributed by atoms with E-state index >= 15 is 0 Å². The van der Waals surface area contributed by atoms with Gasteiger partial charge in [0.05, 0.1) is 39.1 Å². The average molecular weight is 587 g/mol. The van der Waals surface area contributed by atoms with Crippen LogP contribution in [-0.4, -0.2) is 20.0 Å². The van der Waals surface area contributed by atoms with Crippen molar-refractivity contribution in [2.24, 2.45) is 0 Å². The Bertz CT molecular complexity index is 1830. The molecule has 1 aliphatic rings. The molecule has 5 aromatic rings. The fourth-order valence-electron chi connectivity index (χ4n) is 5.06. The van der Waals surface area contributed by atoms with Gasteiger partial charge in [0, 0.05) is 42.1 Å². The normalized spacial score (nSPS) is 13.3. The van der Waals surface area contributed by atoms with Crippen molar-refractivity contribution in [2.45, 2.75) is 39.0 Å².